The van der Waals surface area contributed by atoms with Gasteiger partial charge in [-0.1, -0.05) is 6.07 Å². The van der Waals surface area contributed by atoms with Crippen LogP contribution < -0.4 is 31.0 Å². The van der Waals surface area contributed by atoms with Gasteiger partial charge in [-0.3, -0.25) is 19.9 Å². The molecule has 0 saturated carbocycles. The molecule has 2 amide bonds. The molecule has 3 rings (SSSR count). The lowest BCUT2D eigenvalue weighted by molar-refractivity contribution is -0.123. The Morgan fingerprint density at radius 3 is 2.55 bits per heavy atom. The lowest BCUT2D eigenvalue weighted by Crippen LogP contribution is -2.54. The van der Waals surface area contributed by atoms with Gasteiger partial charge in [0.05, 0.1) is 33.5 Å². The van der Waals surface area contributed by atoms with Crippen molar-refractivity contribution in [1.82, 2.24) is 26.4 Å². The maximum Gasteiger partial charge on any atom is 0.259 e. The molecule has 2 heterocycles. The van der Waals surface area contributed by atoms with Crippen LogP contribution in [0.2, 0.25) is 0 Å². The molecule has 160 valence electrons. The van der Waals surface area contributed by atoms with Crippen LogP contribution in [0.25, 0.3) is 0 Å². The van der Waals surface area contributed by atoms with Crippen LogP contribution in [0, 0.1) is 0 Å². The fourth-order valence-corrected chi connectivity index (χ4v) is 3.47. The first kappa shape index (κ1) is 21.3. The number of hydrazine groups is 1. The van der Waals surface area contributed by atoms with Crippen molar-refractivity contribution >= 4 is 11.8 Å². The Morgan fingerprint density at radius 1 is 1.21 bits per heavy atom. The van der Waals surface area contributed by atoms with E-state index in [0.29, 0.717) is 30.2 Å². The number of carbonyl (C=O) groups excluding carboxylic acids is 2. The smallest absolute Gasteiger partial charge is 0.259 e. The molecule has 2 fully saturated rings. The number of hydrogen-bond acceptors (Lipinski definition) is 8. The Labute approximate surface area is 170 Å². The number of methoxy groups -OCH3 is 2. The third-order valence-corrected chi connectivity index (χ3v) is 5.07. The summed E-state index contributed by atoms with van der Waals surface area (Å²) in [5.74, 6) is 0.293. The molecule has 4 N–H and O–H groups in total. The van der Waals surface area contributed by atoms with Crippen LogP contribution in [0.15, 0.2) is 18.2 Å². The molecule has 0 aliphatic carbocycles. The normalized spacial score (nSPS) is 22.1. The van der Waals surface area contributed by atoms with E-state index in [-0.39, 0.29) is 11.8 Å². The first-order chi connectivity index (χ1) is 14.1. The first-order valence-electron chi connectivity index (χ1n) is 9.72. The van der Waals surface area contributed by atoms with Crippen molar-refractivity contribution in [2.24, 2.45) is 0 Å². The van der Waals surface area contributed by atoms with Crippen molar-refractivity contribution in [2.75, 3.05) is 60.2 Å². The fraction of sp³-hybridized carbons (Fsp3) is 0.579. The first-order valence-corrected chi connectivity index (χ1v) is 9.72. The van der Waals surface area contributed by atoms with Gasteiger partial charge in [0.25, 0.3) is 5.91 Å². The Bertz CT molecular complexity index is 688. The standard InChI is InChI=1S/C19H29N5O5/c1-27-14-4-3-5-15(28-2)16(14)18(25)22-13-12-21-23-17(13)19(26)20-6-7-24-8-10-29-11-9-24/h3-5,13,17,21,23H,6-12H2,1-2H3,(H,20,26)(H,22,25). The van der Waals surface area contributed by atoms with E-state index in [4.69, 9.17) is 14.2 Å². The highest BCUT2D eigenvalue weighted by Crippen LogP contribution is 2.28. The van der Waals surface area contributed by atoms with Crippen molar-refractivity contribution in [3.8, 4) is 11.5 Å². The molecule has 2 unspecified atom stereocenters. The molecule has 0 radical (unpaired) electrons. The monoisotopic (exact) mass is 407 g/mol. The zero-order valence-corrected chi connectivity index (χ0v) is 16.8. The zero-order valence-electron chi connectivity index (χ0n) is 16.8. The molecule has 1 aromatic carbocycles. The molecule has 0 aromatic heterocycles. The summed E-state index contributed by atoms with van der Waals surface area (Å²) in [6.45, 7) is 4.93. The summed E-state index contributed by atoms with van der Waals surface area (Å²) >= 11 is 0. The lowest BCUT2D eigenvalue weighted by Gasteiger charge is -2.27. The van der Waals surface area contributed by atoms with Gasteiger partial charge >= 0.3 is 0 Å². The van der Waals surface area contributed by atoms with Crippen molar-refractivity contribution in [1.29, 1.82) is 0 Å². The molecule has 10 heteroatoms. The highest BCUT2D eigenvalue weighted by atomic mass is 16.5. The maximum absolute atomic E-state index is 12.9. The number of benzene rings is 1. The second-order valence-corrected chi connectivity index (χ2v) is 6.87. The van der Waals surface area contributed by atoms with Gasteiger partial charge in [0.2, 0.25) is 5.91 Å². The number of nitrogens with zero attached hydrogens (tertiary/aromatic N) is 1. The minimum absolute atomic E-state index is 0.166. The Kier molecular flexibility index (Phi) is 7.64. The van der Waals surface area contributed by atoms with Gasteiger partial charge in [0.1, 0.15) is 23.1 Å². The van der Waals surface area contributed by atoms with Crippen LogP contribution in [0.5, 0.6) is 11.5 Å². The van der Waals surface area contributed by atoms with Crippen LogP contribution >= 0.6 is 0 Å². The third-order valence-electron chi connectivity index (χ3n) is 5.07. The molecular formula is C19H29N5O5. The summed E-state index contributed by atoms with van der Waals surface area (Å²) in [6.07, 6.45) is 0. The second kappa shape index (κ2) is 10.4. The quantitative estimate of drug-likeness (QED) is 0.422. The van der Waals surface area contributed by atoms with Gasteiger partial charge in [0, 0.05) is 32.7 Å². The number of hydrogen-bond donors (Lipinski definition) is 4. The molecule has 2 aliphatic heterocycles. The van der Waals surface area contributed by atoms with Gasteiger partial charge in [-0.15, -0.1) is 0 Å². The van der Waals surface area contributed by atoms with E-state index in [0.717, 1.165) is 32.8 Å². The maximum atomic E-state index is 12.9. The van der Waals surface area contributed by atoms with Crippen LogP contribution in [-0.4, -0.2) is 89.0 Å². The number of morpholine rings is 1. The molecule has 29 heavy (non-hydrogen) atoms. The van der Waals surface area contributed by atoms with Gasteiger partial charge < -0.3 is 24.8 Å². The second-order valence-electron chi connectivity index (χ2n) is 6.87. The van der Waals surface area contributed by atoms with E-state index in [9.17, 15) is 9.59 Å². The van der Waals surface area contributed by atoms with Crippen molar-refractivity contribution in [3.05, 3.63) is 23.8 Å². The lowest BCUT2D eigenvalue weighted by atomic mass is 10.1. The SMILES string of the molecule is COc1cccc(OC)c1C(=O)NC1CNNC1C(=O)NCCN1CCOCC1. The predicted molar refractivity (Wildman–Crippen MR) is 106 cm³/mol. The van der Waals surface area contributed by atoms with Gasteiger partial charge in [-0.05, 0) is 12.1 Å². The van der Waals surface area contributed by atoms with E-state index in [1.54, 1.807) is 18.2 Å². The number of nitrogens with one attached hydrogen (secondary N) is 4. The molecule has 2 atom stereocenters. The number of carbonyl (C=O) groups is 2. The number of ether oxygens (including phenoxy) is 3. The minimum Gasteiger partial charge on any atom is -0.496 e. The zero-order chi connectivity index (χ0) is 20.6. The highest BCUT2D eigenvalue weighted by molar-refractivity contribution is 6.00. The van der Waals surface area contributed by atoms with Crippen LogP contribution in [0.3, 0.4) is 0 Å². The van der Waals surface area contributed by atoms with E-state index in [1.807, 2.05) is 0 Å². The third kappa shape index (κ3) is 5.36. The van der Waals surface area contributed by atoms with E-state index >= 15 is 0 Å². The molecular weight excluding hydrogens is 378 g/mol. The summed E-state index contributed by atoms with van der Waals surface area (Å²) in [5.41, 5.74) is 6.18. The molecule has 10 nitrogen and oxygen atoms in total. The highest BCUT2D eigenvalue weighted by Gasteiger charge is 2.35. The largest absolute Gasteiger partial charge is 0.496 e. The van der Waals surface area contributed by atoms with E-state index < -0.39 is 12.1 Å². The summed E-state index contributed by atoms with van der Waals surface area (Å²) in [7, 11) is 2.99. The van der Waals surface area contributed by atoms with Crippen LogP contribution in [0.4, 0.5) is 0 Å². The molecule has 2 saturated heterocycles. The number of rotatable bonds is 8. The molecule has 0 spiro atoms. The Hall–Kier alpha value is -2.40. The fourth-order valence-electron chi connectivity index (χ4n) is 3.47. The molecule has 1 aromatic rings. The van der Waals surface area contributed by atoms with E-state index in [2.05, 4.69) is 26.4 Å². The van der Waals surface area contributed by atoms with Crippen molar-refractivity contribution in [2.45, 2.75) is 12.1 Å². The molecule has 2 aliphatic rings. The summed E-state index contributed by atoms with van der Waals surface area (Å²) in [6, 6.07) is 4.14. The average molecular weight is 407 g/mol. The van der Waals surface area contributed by atoms with Crippen molar-refractivity contribution < 1.29 is 23.8 Å². The summed E-state index contributed by atoms with van der Waals surface area (Å²) in [4.78, 5) is 27.7. The van der Waals surface area contributed by atoms with Crippen LogP contribution in [-0.2, 0) is 9.53 Å². The Morgan fingerprint density at radius 2 is 1.90 bits per heavy atom. The van der Waals surface area contributed by atoms with Gasteiger partial charge in [-0.2, -0.15) is 0 Å². The topological polar surface area (TPSA) is 113 Å². The minimum atomic E-state index is -0.579. The van der Waals surface area contributed by atoms with Gasteiger partial charge in [0.15, 0.2) is 0 Å². The van der Waals surface area contributed by atoms with Crippen molar-refractivity contribution in [3.63, 3.8) is 0 Å². The van der Waals surface area contributed by atoms with Gasteiger partial charge in [-0.25, -0.2) is 5.43 Å². The van der Waals surface area contributed by atoms with Crippen LogP contribution in [0.1, 0.15) is 10.4 Å². The summed E-state index contributed by atoms with van der Waals surface area (Å²) < 4.78 is 15.9. The predicted octanol–water partition coefficient (Wildman–Crippen LogP) is -1.27. The summed E-state index contributed by atoms with van der Waals surface area (Å²) in [5, 5.41) is 5.84. The average Bonchev–Trinajstić information content (AvgIpc) is 3.21. The Balaban J connectivity index is 1.56. The molecule has 0 bridgehead atoms. The van der Waals surface area contributed by atoms with E-state index in [1.165, 1.54) is 14.2 Å². The number of amides is 2.